The van der Waals surface area contributed by atoms with Crippen molar-refractivity contribution in [1.29, 1.82) is 0 Å². The Morgan fingerprint density at radius 2 is 2.00 bits per heavy atom. The number of nitrogens with one attached hydrogen (secondary N) is 1. The normalized spacial score (nSPS) is 18.4. The summed E-state index contributed by atoms with van der Waals surface area (Å²) in [7, 11) is 0. The number of rotatable bonds is 7. The molecule has 1 aromatic heterocycles. The summed E-state index contributed by atoms with van der Waals surface area (Å²) in [4.78, 5) is 4.25. The van der Waals surface area contributed by atoms with Crippen LogP contribution in [0.25, 0.3) is 11.5 Å². The number of aryl methyl sites for hydroxylation is 1. The number of hydrogen-bond donors (Lipinski definition) is 2. The van der Waals surface area contributed by atoms with E-state index in [1.54, 1.807) is 6.92 Å². The maximum absolute atomic E-state index is 13.3. The third-order valence-corrected chi connectivity index (χ3v) is 5.29. The fourth-order valence-electron chi connectivity index (χ4n) is 3.58. The second-order valence-corrected chi connectivity index (χ2v) is 7.39. The predicted molar refractivity (Wildman–Crippen MR) is 103 cm³/mol. The molecule has 4 rings (SSSR count). The molecular formula is C22H21F3N2O3. The minimum absolute atomic E-state index is 0.0786. The molecule has 0 radical (unpaired) electrons. The van der Waals surface area contributed by atoms with E-state index in [2.05, 4.69) is 10.5 Å². The number of halogens is 3. The van der Waals surface area contributed by atoms with Crippen molar-refractivity contribution < 1.29 is 27.5 Å². The number of benzene rings is 2. The van der Waals surface area contributed by atoms with E-state index >= 15 is 0 Å². The van der Waals surface area contributed by atoms with Crippen LogP contribution >= 0.6 is 0 Å². The first kappa shape index (κ1) is 20.4. The topological polar surface area (TPSA) is 67.5 Å². The van der Waals surface area contributed by atoms with Gasteiger partial charge in [0.05, 0.1) is 5.56 Å². The Bertz CT molecular complexity index is 1030. The molecule has 2 unspecified atom stereocenters. The SMILES string of the molecule is Cc1oc(-c2ccccc2C(F)(F)F)nc1COc1cccc(C2CC2CNO)c1. The molecule has 3 aromatic rings. The first-order chi connectivity index (χ1) is 14.4. The number of aromatic nitrogens is 1. The highest BCUT2D eigenvalue weighted by Gasteiger charge is 2.38. The first-order valence-electron chi connectivity index (χ1n) is 9.59. The summed E-state index contributed by atoms with van der Waals surface area (Å²) in [6.45, 7) is 2.29. The van der Waals surface area contributed by atoms with Gasteiger partial charge in [-0.3, -0.25) is 0 Å². The van der Waals surface area contributed by atoms with Gasteiger partial charge in [0.25, 0.3) is 0 Å². The molecule has 0 spiro atoms. The van der Waals surface area contributed by atoms with Crippen LogP contribution in [0.2, 0.25) is 0 Å². The third-order valence-electron chi connectivity index (χ3n) is 5.29. The Morgan fingerprint density at radius 3 is 2.77 bits per heavy atom. The molecule has 1 aliphatic carbocycles. The molecule has 5 nitrogen and oxygen atoms in total. The summed E-state index contributed by atoms with van der Waals surface area (Å²) in [5.41, 5.74) is 2.89. The number of hydroxylamine groups is 1. The van der Waals surface area contributed by atoms with Gasteiger partial charge in [0.15, 0.2) is 0 Å². The molecule has 30 heavy (non-hydrogen) atoms. The fraction of sp³-hybridized carbons (Fsp3) is 0.318. The van der Waals surface area contributed by atoms with Crippen molar-refractivity contribution >= 4 is 0 Å². The largest absolute Gasteiger partial charge is 0.487 e. The molecule has 0 saturated heterocycles. The molecular weight excluding hydrogens is 397 g/mol. The number of alkyl halides is 3. The molecule has 0 bridgehead atoms. The van der Waals surface area contributed by atoms with Gasteiger partial charge in [0.1, 0.15) is 23.8 Å². The smallest absolute Gasteiger partial charge is 0.417 e. The zero-order chi connectivity index (χ0) is 21.3. The molecule has 158 valence electrons. The Hall–Kier alpha value is -2.84. The Labute approximate surface area is 171 Å². The van der Waals surface area contributed by atoms with Gasteiger partial charge >= 0.3 is 6.18 Å². The standard InChI is InChI=1S/C22H21F3N2O3/c1-13-20(27-21(30-13)17-7-2-3-8-19(17)22(23,24)25)12-29-16-6-4-5-14(9-16)18-10-15(18)11-26-28/h2-9,15,18,26,28H,10-12H2,1H3. The third kappa shape index (κ3) is 4.34. The van der Waals surface area contributed by atoms with Crippen LogP contribution in [0, 0.1) is 12.8 Å². The van der Waals surface area contributed by atoms with Crippen LogP contribution in [0.1, 0.15) is 34.9 Å². The molecule has 0 amide bonds. The van der Waals surface area contributed by atoms with Crippen LogP contribution in [0.4, 0.5) is 13.2 Å². The van der Waals surface area contributed by atoms with Crippen molar-refractivity contribution in [1.82, 2.24) is 10.5 Å². The quantitative estimate of drug-likeness (QED) is 0.508. The number of nitrogens with zero attached hydrogens (tertiary/aromatic N) is 1. The highest BCUT2D eigenvalue weighted by Crippen LogP contribution is 2.47. The Balaban J connectivity index is 1.49. The lowest BCUT2D eigenvalue weighted by Gasteiger charge is -2.09. The zero-order valence-corrected chi connectivity index (χ0v) is 16.2. The van der Waals surface area contributed by atoms with Crippen LogP contribution in [0.15, 0.2) is 52.9 Å². The van der Waals surface area contributed by atoms with Gasteiger partial charge in [-0.25, -0.2) is 10.5 Å². The van der Waals surface area contributed by atoms with Crippen molar-refractivity contribution in [3.8, 4) is 17.2 Å². The Morgan fingerprint density at radius 1 is 1.20 bits per heavy atom. The minimum Gasteiger partial charge on any atom is -0.487 e. The lowest BCUT2D eigenvalue weighted by atomic mass is 10.1. The lowest BCUT2D eigenvalue weighted by molar-refractivity contribution is -0.137. The van der Waals surface area contributed by atoms with Gasteiger partial charge in [-0.2, -0.15) is 13.2 Å². The average molecular weight is 418 g/mol. The van der Waals surface area contributed by atoms with Crippen molar-refractivity contribution in [2.24, 2.45) is 5.92 Å². The summed E-state index contributed by atoms with van der Waals surface area (Å²) < 4.78 is 51.2. The van der Waals surface area contributed by atoms with E-state index in [1.807, 2.05) is 24.3 Å². The zero-order valence-electron chi connectivity index (χ0n) is 16.2. The lowest BCUT2D eigenvalue weighted by Crippen LogP contribution is -2.11. The van der Waals surface area contributed by atoms with Gasteiger partial charge < -0.3 is 14.4 Å². The van der Waals surface area contributed by atoms with Crippen LogP contribution < -0.4 is 10.2 Å². The molecule has 1 heterocycles. The fourth-order valence-corrected chi connectivity index (χ4v) is 3.58. The highest BCUT2D eigenvalue weighted by atomic mass is 19.4. The molecule has 1 saturated carbocycles. The highest BCUT2D eigenvalue weighted by molar-refractivity contribution is 5.60. The van der Waals surface area contributed by atoms with E-state index in [4.69, 9.17) is 14.4 Å². The molecule has 2 N–H and O–H groups in total. The monoisotopic (exact) mass is 418 g/mol. The van der Waals surface area contributed by atoms with Gasteiger partial charge in [0.2, 0.25) is 5.89 Å². The van der Waals surface area contributed by atoms with Gasteiger partial charge in [-0.15, -0.1) is 0 Å². The first-order valence-corrected chi connectivity index (χ1v) is 9.59. The van der Waals surface area contributed by atoms with Crippen molar-refractivity contribution in [2.45, 2.75) is 32.0 Å². The van der Waals surface area contributed by atoms with Gasteiger partial charge in [0, 0.05) is 12.1 Å². The van der Waals surface area contributed by atoms with Crippen molar-refractivity contribution in [3.05, 3.63) is 71.1 Å². The summed E-state index contributed by atoms with van der Waals surface area (Å²) in [6.07, 6.45) is -3.50. The van der Waals surface area contributed by atoms with Gasteiger partial charge in [-0.05, 0) is 55.0 Å². The summed E-state index contributed by atoms with van der Waals surface area (Å²) >= 11 is 0. The van der Waals surface area contributed by atoms with E-state index < -0.39 is 11.7 Å². The molecule has 1 aliphatic rings. The summed E-state index contributed by atoms with van der Waals surface area (Å²) in [6, 6.07) is 12.9. The number of hydrogen-bond acceptors (Lipinski definition) is 5. The predicted octanol–water partition coefficient (Wildman–Crippen LogP) is 5.33. The van der Waals surface area contributed by atoms with Crippen LogP contribution in [-0.4, -0.2) is 16.7 Å². The number of ether oxygens (including phenoxy) is 1. The van der Waals surface area contributed by atoms with Crippen molar-refractivity contribution in [2.75, 3.05) is 6.54 Å². The van der Waals surface area contributed by atoms with Crippen LogP contribution in [0.5, 0.6) is 5.75 Å². The van der Waals surface area contributed by atoms with E-state index in [0.29, 0.717) is 35.6 Å². The summed E-state index contributed by atoms with van der Waals surface area (Å²) in [5.74, 6) is 1.76. The molecule has 1 fully saturated rings. The second-order valence-electron chi connectivity index (χ2n) is 7.39. The van der Waals surface area contributed by atoms with Crippen molar-refractivity contribution in [3.63, 3.8) is 0 Å². The number of oxazole rings is 1. The molecule has 2 atom stereocenters. The van der Waals surface area contributed by atoms with E-state index in [-0.39, 0.29) is 18.1 Å². The minimum atomic E-state index is -4.50. The Kier molecular flexibility index (Phi) is 5.53. The second kappa shape index (κ2) is 8.12. The summed E-state index contributed by atoms with van der Waals surface area (Å²) in [5, 5.41) is 8.83. The maximum atomic E-state index is 13.3. The van der Waals surface area contributed by atoms with Crippen LogP contribution in [-0.2, 0) is 12.8 Å². The molecule has 0 aliphatic heterocycles. The molecule has 8 heteroatoms. The van der Waals surface area contributed by atoms with E-state index in [1.165, 1.54) is 18.2 Å². The van der Waals surface area contributed by atoms with E-state index in [0.717, 1.165) is 18.1 Å². The van der Waals surface area contributed by atoms with Crippen LogP contribution in [0.3, 0.4) is 0 Å². The molecule has 2 aromatic carbocycles. The van der Waals surface area contributed by atoms with Gasteiger partial charge in [-0.1, -0.05) is 24.3 Å². The van der Waals surface area contributed by atoms with E-state index in [9.17, 15) is 13.2 Å². The maximum Gasteiger partial charge on any atom is 0.417 e. The average Bonchev–Trinajstić information content (AvgIpc) is 3.39.